The van der Waals surface area contributed by atoms with Crippen LogP contribution < -0.4 is 14.5 Å². The van der Waals surface area contributed by atoms with Crippen LogP contribution in [0.15, 0.2) is 212 Å². The Morgan fingerprint density at radius 3 is 1.54 bits per heavy atom. The van der Waals surface area contributed by atoms with E-state index in [9.17, 15) is 0 Å². The van der Waals surface area contributed by atoms with Crippen LogP contribution in [0, 0.1) is 29.6 Å². The molecular weight excluding hydrogens is 1160 g/mol. The summed E-state index contributed by atoms with van der Waals surface area (Å²) in [6.45, 7) is 32.3. The van der Waals surface area contributed by atoms with Crippen molar-refractivity contribution in [2.24, 2.45) is 10.8 Å². The molecule has 0 bridgehead atoms. The van der Waals surface area contributed by atoms with Crippen molar-refractivity contribution in [3.05, 3.63) is 258 Å². The van der Waals surface area contributed by atoms with E-state index in [1.165, 1.54) is 50.3 Å². The van der Waals surface area contributed by atoms with Crippen LogP contribution in [0.1, 0.15) is 118 Å². The number of nitrogens with zero attached hydrogens (tertiary/aromatic N) is 4. The normalized spacial score (nSPS) is 13.6. The number of hydrogen-bond donors (Lipinski definition) is 0. The second-order valence-corrected chi connectivity index (χ2v) is 25.6. The van der Waals surface area contributed by atoms with Gasteiger partial charge in [0.05, 0.1) is 0 Å². The van der Waals surface area contributed by atoms with Gasteiger partial charge in [-0.1, -0.05) is 235 Å². The van der Waals surface area contributed by atoms with Gasteiger partial charge in [-0.15, -0.1) is 53.6 Å². The first kappa shape index (κ1) is 55.8. The van der Waals surface area contributed by atoms with E-state index in [0.29, 0.717) is 11.5 Å². The summed E-state index contributed by atoms with van der Waals surface area (Å²) in [6, 6.07) is 77.6. The summed E-state index contributed by atoms with van der Waals surface area (Å²) in [5.41, 5.74) is 15.7. The van der Waals surface area contributed by atoms with Crippen molar-refractivity contribution in [1.82, 2.24) is 9.55 Å². The largest absolute Gasteiger partial charge is 0.509 e. The number of rotatable bonds is 11. The third-order valence-electron chi connectivity index (χ3n) is 16.0. The molecule has 10 aromatic rings. The maximum absolute atomic E-state index is 7.19. The molecule has 0 saturated carbocycles. The van der Waals surface area contributed by atoms with E-state index in [1.54, 1.807) is 0 Å². The molecule has 0 atom stereocenters. The quantitative estimate of drug-likeness (QED) is 0.121. The van der Waals surface area contributed by atoms with Gasteiger partial charge in [0.2, 0.25) is 0 Å². The average Bonchev–Trinajstić information content (AvgIpc) is 4.22. The third kappa shape index (κ3) is 10.7. The number of aromatic nitrogens is 2. The minimum absolute atomic E-state index is 0. The summed E-state index contributed by atoms with van der Waals surface area (Å²) in [5, 5.41) is 2.19. The van der Waals surface area contributed by atoms with Crippen molar-refractivity contribution in [3.63, 3.8) is 0 Å². The molecule has 1 aliphatic rings. The van der Waals surface area contributed by atoms with E-state index in [-0.39, 0.29) is 42.7 Å². The van der Waals surface area contributed by atoms with Crippen LogP contribution in [0.25, 0.3) is 49.9 Å². The van der Waals surface area contributed by atoms with Gasteiger partial charge in [-0.05, 0) is 91.1 Å². The van der Waals surface area contributed by atoms with E-state index in [1.807, 2.05) is 6.20 Å². The van der Waals surface area contributed by atoms with Gasteiger partial charge in [0.1, 0.15) is 5.82 Å². The maximum atomic E-state index is 7.19. The zero-order valence-electron chi connectivity index (χ0n) is 48.6. The molecule has 408 valence electrons. The number of anilines is 2. The molecule has 0 amide bonds. The Bertz CT molecular complexity index is 3890. The summed E-state index contributed by atoms with van der Waals surface area (Å²) in [4.78, 5) is 9.86. The molecule has 80 heavy (non-hydrogen) atoms. The Morgan fingerprint density at radius 2 is 0.963 bits per heavy atom. The Labute approximate surface area is 490 Å². The van der Waals surface area contributed by atoms with Gasteiger partial charge < -0.3 is 19.1 Å². The molecule has 1 aliphatic heterocycles. The smallest absolute Gasteiger partial charge is 0.135 e. The molecule has 0 aliphatic carbocycles. The Kier molecular flexibility index (Phi) is 14.8. The second kappa shape index (κ2) is 21.2. The van der Waals surface area contributed by atoms with Crippen LogP contribution >= 0.6 is 0 Å². The predicted octanol–water partition coefficient (Wildman–Crippen LogP) is 19.6. The molecule has 2 aromatic heterocycles. The first-order valence-corrected chi connectivity index (χ1v) is 27.8. The molecule has 0 spiro atoms. The third-order valence-corrected chi connectivity index (χ3v) is 16.0. The summed E-state index contributed by atoms with van der Waals surface area (Å²) < 4.78 is 9.43. The van der Waals surface area contributed by atoms with Gasteiger partial charge in [0, 0.05) is 77.6 Å². The van der Waals surface area contributed by atoms with Gasteiger partial charge in [-0.2, -0.15) is 6.07 Å². The summed E-state index contributed by atoms with van der Waals surface area (Å²) in [7, 11) is 0. The first-order chi connectivity index (χ1) is 37.6. The Balaban J connectivity index is 0.00000720. The van der Waals surface area contributed by atoms with Crippen molar-refractivity contribution >= 4 is 33.2 Å². The van der Waals surface area contributed by atoms with Gasteiger partial charge in [-0.25, -0.2) is 4.98 Å². The fraction of sp³-hybridized carbons (Fsp3) is 0.243. The molecule has 0 saturated heterocycles. The minimum Gasteiger partial charge on any atom is -0.509 e. The standard InChI is InChI=1S/C74H73N4O.Pt/c1-70(2,3)56-38-39-75-67(46-56)78-65-37-34-52(50-26-18-14-19-27-50)42-64(65)63-36-35-61(48-66(63)78)79-62-45-58(74(12,13)55-32-24-17-25-33-55)44-60(47-62)77-49-76(68(71(4,5)6)69(77)72(7,8)9)59-41-53(51-28-20-15-21-29-51)40-57(43-59)73(10,11)54-30-22-16-23-31-54;/h14-46,49H,1-13H3;/q-3;. The van der Waals surface area contributed by atoms with E-state index >= 15 is 0 Å². The number of fused-ring (bicyclic) bond motifs is 3. The molecule has 6 heteroatoms. The molecule has 0 fully saturated rings. The molecule has 0 N–H and O–H groups in total. The first-order valence-electron chi connectivity index (χ1n) is 27.8. The second-order valence-electron chi connectivity index (χ2n) is 25.6. The SMILES string of the molecule is CC(C)(C)C1=C(C(C)(C)C)N(c2cc(-c3ccccc3)cc(C(C)(C)c3ccccc3)c2)[CH-]N1c1[c-]c(Oc2[c-]c3c(cc2)c2cc(-c4ccccc4)ccc2n3-c2cc(C(C)(C)C)ccn2)cc(C(C)(C)c2ccccc2)c1.[Pt]. The number of ether oxygens (including phenoxy) is 1. The minimum atomic E-state index is -0.413. The zero-order chi connectivity index (χ0) is 55.6. The molecule has 3 heterocycles. The summed E-state index contributed by atoms with van der Waals surface area (Å²) in [6.07, 6.45) is 1.93. The predicted molar refractivity (Wildman–Crippen MR) is 331 cm³/mol. The molecule has 8 aromatic carbocycles. The van der Waals surface area contributed by atoms with E-state index < -0.39 is 5.41 Å². The van der Waals surface area contributed by atoms with Crippen molar-refractivity contribution in [1.29, 1.82) is 0 Å². The van der Waals surface area contributed by atoms with Crippen LogP contribution in [0.3, 0.4) is 0 Å². The number of allylic oxidation sites excluding steroid dienone is 2. The molecule has 5 nitrogen and oxygen atoms in total. The summed E-state index contributed by atoms with van der Waals surface area (Å²) >= 11 is 0. The monoisotopic (exact) mass is 1230 g/mol. The van der Waals surface area contributed by atoms with Gasteiger partial charge >= 0.3 is 0 Å². The van der Waals surface area contributed by atoms with E-state index in [0.717, 1.165) is 50.1 Å². The van der Waals surface area contributed by atoms with E-state index in [2.05, 4.69) is 317 Å². The fourth-order valence-corrected chi connectivity index (χ4v) is 11.5. The van der Waals surface area contributed by atoms with Crippen molar-refractivity contribution in [2.75, 3.05) is 9.80 Å². The topological polar surface area (TPSA) is 33.5 Å². The number of pyridine rings is 1. The van der Waals surface area contributed by atoms with Crippen molar-refractivity contribution in [2.45, 2.75) is 106 Å². The van der Waals surface area contributed by atoms with E-state index in [4.69, 9.17) is 9.72 Å². The number of benzene rings is 8. The van der Waals surface area contributed by atoms with Crippen LogP contribution in [0.4, 0.5) is 11.4 Å². The van der Waals surface area contributed by atoms with Gasteiger partial charge in [0.25, 0.3) is 0 Å². The Morgan fingerprint density at radius 1 is 0.412 bits per heavy atom. The molecule has 11 rings (SSSR count). The molecular formula is C74H73N4OPt-3. The van der Waals surface area contributed by atoms with Crippen molar-refractivity contribution < 1.29 is 25.8 Å². The van der Waals surface area contributed by atoms with Crippen LogP contribution in [-0.2, 0) is 37.3 Å². The van der Waals surface area contributed by atoms with Gasteiger partial charge in [0.15, 0.2) is 0 Å². The van der Waals surface area contributed by atoms with Gasteiger partial charge in [-0.3, -0.25) is 0 Å². The summed E-state index contributed by atoms with van der Waals surface area (Å²) in [5.74, 6) is 2.03. The van der Waals surface area contributed by atoms with Crippen LogP contribution in [0.5, 0.6) is 11.5 Å². The Hall–Kier alpha value is -7.46. The average molecular weight is 1230 g/mol. The molecule has 0 radical (unpaired) electrons. The zero-order valence-corrected chi connectivity index (χ0v) is 50.9. The van der Waals surface area contributed by atoms with Crippen LogP contribution in [-0.4, -0.2) is 9.55 Å². The van der Waals surface area contributed by atoms with Crippen LogP contribution in [0.2, 0.25) is 0 Å². The number of hydrogen-bond acceptors (Lipinski definition) is 4. The maximum Gasteiger partial charge on any atom is 0.135 e. The molecule has 0 unspecified atom stereocenters. The fourth-order valence-electron chi connectivity index (χ4n) is 11.5. The van der Waals surface area contributed by atoms with Crippen molar-refractivity contribution in [3.8, 4) is 39.6 Å².